The van der Waals surface area contributed by atoms with Crippen LogP contribution >= 0.6 is 22.9 Å². The van der Waals surface area contributed by atoms with Gasteiger partial charge in [-0.25, -0.2) is 4.39 Å². The van der Waals surface area contributed by atoms with E-state index in [-0.39, 0.29) is 5.02 Å². The average molecular weight is 397 g/mol. The largest absolute Gasteiger partial charge is 0.256 e. The van der Waals surface area contributed by atoms with Crippen LogP contribution in [0.3, 0.4) is 0 Å². The molecule has 0 fully saturated rings. The number of aromatic nitrogens is 2. The zero-order chi connectivity index (χ0) is 19.2. The van der Waals surface area contributed by atoms with Crippen molar-refractivity contribution in [2.45, 2.75) is 13.8 Å². The zero-order valence-electron chi connectivity index (χ0n) is 15.0. The topological polar surface area (TPSA) is 25.8 Å². The van der Waals surface area contributed by atoms with Gasteiger partial charge in [0.2, 0.25) is 0 Å². The molecule has 0 aliphatic rings. The maximum atomic E-state index is 12.9. The third-order valence-electron chi connectivity index (χ3n) is 3.86. The quantitative estimate of drug-likeness (QED) is 0.365. The molecule has 0 radical (unpaired) electrons. The number of halogens is 2. The maximum absolute atomic E-state index is 12.9. The molecule has 0 aliphatic carbocycles. The molecular formula is C22H18ClFN2S. The highest BCUT2D eigenvalue weighted by atomic mass is 35.5. The summed E-state index contributed by atoms with van der Waals surface area (Å²) in [6, 6.07) is 14.7. The summed E-state index contributed by atoms with van der Waals surface area (Å²) in [6.07, 6.45) is 3.67. The molecule has 4 rings (SSSR count). The number of aryl methyl sites for hydroxylation is 2. The Kier molecular flexibility index (Phi) is 6.32. The number of nitrogens with zero attached hydrogens (tertiary/aromatic N) is 2. The van der Waals surface area contributed by atoms with Crippen molar-refractivity contribution in [3.63, 3.8) is 0 Å². The summed E-state index contributed by atoms with van der Waals surface area (Å²) in [5.41, 5.74) is 6.17. The van der Waals surface area contributed by atoms with E-state index < -0.39 is 5.82 Å². The van der Waals surface area contributed by atoms with E-state index in [1.54, 1.807) is 29.7 Å². The number of pyridine rings is 2. The molecule has 0 atom stereocenters. The lowest BCUT2D eigenvalue weighted by atomic mass is 10.1. The van der Waals surface area contributed by atoms with Crippen molar-refractivity contribution in [3.8, 4) is 22.5 Å². The Labute approximate surface area is 167 Å². The molecule has 0 amide bonds. The molecule has 0 spiro atoms. The van der Waals surface area contributed by atoms with Gasteiger partial charge in [0.15, 0.2) is 0 Å². The Balaban J connectivity index is 0.000000159. The third-order valence-corrected chi connectivity index (χ3v) is 4.83. The lowest BCUT2D eigenvalue weighted by Gasteiger charge is -2.02. The first-order valence-corrected chi connectivity index (χ1v) is 9.68. The molecule has 0 saturated carbocycles. The second-order valence-electron chi connectivity index (χ2n) is 6.08. The molecule has 3 aromatic heterocycles. The van der Waals surface area contributed by atoms with Crippen LogP contribution in [-0.2, 0) is 0 Å². The fourth-order valence-corrected chi connectivity index (χ4v) is 3.17. The van der Waals surface area contributed by atoms with Crippen molar-refractivity contribution in [1.82, 2.24) is 9.97 Å². The summed E-state index contributed by atoms with van der Waals surface area (Å²) in [7, 11) is 0. The van der Waals surface area contributed by atoms with Crippen LogP contribution in [0.1, 0.15) is 11.1 Å². The number of hydrogen-bond acceptors (Lipinski definition) is 3. The lowest BCUT2D eigenvalue weighted by Crippen LogP contribution is -1.85. The van der Waals surface area contributed by atoms with Crippen molar-refractivity contribution in [3.05, 3.63) is 93.7 Å². The second-order valence-corrected chi connectivity index (χ2v) is 7.27. The zero-order valence-corrected chi connectivity index (χ0v) is 16.6. The van der Waals surface area contributed by atoms with Gasteiger partial charge < -0.3 is 0 Å². The summed E-state index contributed by atoms with van der Waals surface area (Å²) in [5.74, 6) is -0.410. The van der Waals surface area contributed by atoms with Gasteiger partial charge in [-0.2, -0.15) is 11.3 Å². The molecular weight excluding hydrogens is 379 g/mol. The van der Waals surface area contributed by atoms with E-state index in [4.69, 9.17) is 11.6 Å². The summed E-state index contributed by atoms with van der Waals surface area (Å²) >= 11 is 7.39. The first-order valence-electron chi connectivity index (χ1n) is 8.36. The predicted octanol–water partition coefficient (Wildman–Crippen LogP) is 6.97. The van der Waals surface area contributed by atoms with Crippen LogP contribution in [0.15, 0.2) is 71.7 Å². The number of benzene rings is 1. The van der Waals surface area contributed by atoms with Crippen LogP contribution in [0.2, 0.25) is 5.02 Å². The third kappa shape index (κ3) is 5.22. The van der Waals surface area contributed by atoms with Crippen LogP contribution in [0.4, 0.5) is 4.39 Å². The van der Waals surface area contributed by atoms with Crippen molar-refractivity contribution in [2.24, 2.45) is 0 Å². The van der Waals surface area contributed by atoms with E-state index in [1.807, 2.05) is 32.2 Å². The minimum absolute atomic E-state index is 0.120. The van der Waals surface area contributed by atoms with Gasteiger partial charge in [0, 0.05) is 28.9 Å². The second kappa shape index (κ2) is 8.89. The Bertz CT molecular complexity index is 998. The van der Waals surface area contributed by atoms with Crippen LogP contribution in [0.25, 0.3) is 22.5 Å². The van der Waals surface area contributed by atoms with Gasteiger partial charge >= 0.3 is 0 Å². The van der Waals surface area contributed by atoms with Crippen molar-refractivity contribution >= 4 is 22.9 Å². The Hall–Kier alpha value is -2.56. The van der Waals surface area contributed by atoms with Crippen molar-refractivity contribution in [1.29, 1.82) is 0 Å². The summed E-state index contributed by atoms with van der Waals surface area (Å²) in [5, 5.41) is 4.30. The summed E-state index contributed by atoms with van der Waals surface area (Å²) in [6.45, 7) is 4.01. The molecule has 0 unspecified atom stereocenters. The minimum atomic E-state index is -0.410. The van der Waals surface area contributed by atoms with Crippen LogP contribution < -0.4 is 0 Å². The first-order chi connectivity index (χ1) is 13.0. The average Bonchev–Trinajstić information content (AvgIpc) is 3.21. The van der Waals surface area contributed by atoms with E-state index in [9.17, 15) is 4.39 Å². The van der Waals surface area contributed by atoms with Gasteiger partial charge in [-0.1, -0.05) is 23.7 Å². The number of hydrogen-bond donors (Lipinski definition) is 0. The Morgan fingerprint density at radius 2 is 1.44 bits per heavy atom. The van der Waals surface area contributed by atoms with E-state index in [1.165, 1.54) is 17.2 Å². The molecule has 136 valence electrons. The van der Waals surface area contributed by atoms with Gasteiger partial charge in [0.05, 0.1) is 16.4 Å². The van der Waals surface area contributed by atoms with Gasteiger partial charge in [0.25, 0.3) is 0 Å². The monoisotopic (exact) mass is 396 g/mol. The minimum Gasteiger partial charge on any atom is -0.256 e. The highest BCUT2D eigenvalue weighted by Crippen LogP contribution is 2.23. The van der Waals surface area contributed by atoms with Crippen LogP contribution in [0, 0.1) is 19.7 Å². The SMILES string of the molecule is Cc1ccc(-c2ccc(F)c(Cl)c2)nc1.Cc1ccc(-c2ccsc2)nc1. The molecule has 3 heterocycles. The van der Waals surface area contributed by atoms with E-state index in [2.05, 4.69) is 38.9 Å². The van der Waals surface area contributed by atoms with E-state index >= 15 is 0 Å². The van der Waals surface area contributed by atoms with E-state index in [0.717, 1.165) is 22.5 Å². The summed E-state index contributed by atoms with van der Waals surface area (Å²) < 4.78 is 12.9. The molecule has 1 aromatic carbocycles. The summed E-state index contributed by atoms with van der Waals surface area (Å²) in [4.78, 5) is 8.57. The smallest absolute Gasteiger partial charge is 0.141 e. The molecule has 2 nitrogen and oxygen atoms in total. The number of rotatable bonds is 2. The maximum Gasteiger partial charge on any atom is 0.141 e. The van der Waals surface area contributed by atoms with Gasteiger partial charge in [0.1, 0.15) is 5.82 Å². The Morgan fingerprint density at radius 1 is 0.815 bits per heavy atom. The van der Waals surface area contributed by atoms with Crippen LogP contribution in [-0.4, -0.2) is 9.97 Å². The fourth-order valence-electron chi connectivity index (χ4n) is 2.34. The highest BCUT2D eigenvalue weighted by molar-refractivity contribution is 7.08. The van der Waals surface area contributed by atoms with Crippen LogP contribution in [0.5, 0.6) is 0 Å². The molecule has 0 N–H and O–H groups in total. The molecule has 0 aliphatic heterocycles. The standard InChI is InChI=1S/C12H9ClFN.C10H9NS/c1-8-2-5-12(15-7-8)9-3-4-11(14)10(13)6-9;1-8-2-3-10(11-6-8)9-4-5-12-7-9/h2-7H,1H3;2-7H,1H3. The molecule has 27 heavy (non-hydrogen) atoms. The normalized spacial score (nSPS) is 10.2. The Morgan fingerprint density at radius 3 is 1.93 bits per heavy atom. The molecule has 4 aromatic rings. The van der Waals surface area contributed by atoms with Gasteiger partial charge in [-0.15, -0.1) is 0 Å². The van der Waals surface area contributed by atoms with Crippen molar-refractivity contribution in [2.75, 3.05) is 0 Å². The number of thiophene rings is 1. The van der Waals surface area contributed by atoms with Crippen molar-refractivity contribution < 1.29 is 4.39 Å². The van der Waals surface area contributed by atoms with Gasteiger partial charge in [-0.05, 0) is 66.8 Å². The molecule has 0 saturated heterocycles. The lowest BCUT2D eigenvalue weighted by molar-refractivity contribution is 0.628. The van der Waals surface area contributed by atoms with E-state index in [0.29, 0.717) is 0 Å². The predicted molar refractivity (Wildman–Crippen MR) is 112 cm³/mol. The highest BCUT2D eigenvalue weighted by Gasteiger charge is 2.03. The molecule has 0 bridgehead atoms. The first kappa shape index (κ1) is 19.2. The fraction of sp³-hybridized carbons (Fsp3) is 0.0909. The van der Waals surface area contributed by atoms with Gasteiger partial charge in [-0.3, -0.25) is 9.97 Å². The molecule has 5 heteroatoms.